The Kier molecular flexibility index (Phi) is 4.04. The van der Waals surface area contributed by atoms with Crippen LogP contribution >= 0.6 is 0 Å². The van der Waals surface area contributed by atoms with E-state index >= 15 is 0 Å². The van der Waals surface area contributed by atoms with Crippen LogP contribution in [0.25, 0.3) is 0 Å². The van der Waals surface area contributed by atoms with Crippen molar-refractivity contribution in [3.05, 3.63) is 24.9 Å². The van der Waals surface area contributed by atoms with Crippen molar-refractivity contribution in [3.63, 3.8) is 0 Å². The first kappa shape index (κ1) is 8.75. The van der Waals surface area contributed by atoms with Gasteiger partial charge in [-0.3, -0.25) is 4.79 Å². The molecule has 2 N–H and O–H groups in total. The number of hydrogen-bond donors (Lipinski definition) is 1. The molecule has 0 aliphatic carbocycles. The van der Waals surface area contributed by atoms with Crippen LogP contribution < -0.4 is 5.73 Å². The fraction of sp³-hybridized carbons (Fsp3) is 0.286. The molecule has 0 atom stereocenters. The SMILES string of the molecule is C=CC(=O)N(C)CC=CN. The number of nitrogens with zero attached hydrogens (tertiary/aromatic N) is 1. The molecular formula is C7H12N2O. The van der Waals surface area contributed by atoms with Gasteiger partial charge in [0.05, 0.1) is 0 Å². The summed E-state index contributed by atoms with van der Waals surface area (Å²) in [6.07, 6.45) is 4.37. The lowest BCUT2D eigenvalue weighted by atomic mass is 10.5. The zero-order valence-corrected chi connectivity index (χ0v) is 6.08. The van der Waals surface area contributed by atoms with Gasteiger partial charge in [-0.2, -0.15) is 0 Å². The number of hydrogen-bond acceptors (Lipinski definition) is 2. The van der Waals surface area contributed by atoms with E-state index < -0.39 is 0 Å². The minimum absolute atomic E-state index is 0.0990. The third kappa shape index (κ3) is 2.91. The Morgan fingerprint density at radius 3 is 2.80 bits per heavy atom. The van der Waals surface area contributed by atoms with Gasteiger partial charge in [0.25, 0.3) is 0 Å². The maximum atomic E-state index is 10.8. The maximum Gasteiger partial charge on any atom is 0.245 e. The van der Waals surface area contributed by atoms with Crippen molar-refractivity contribution in [1.29, 1.82) is 0 Å². The van der Waals surface area contributed by atoms with E-state index in [1.807, 2.05) is 0 Å². The van der Waals surface area contributed by atoms with Crippen molar-refractivity contribution in [2.75, 3.05) is 13.6 Å². The molecule has 3 nitrogen and oxygen atoms in total. The van der Waals surface area contributed by atoms with Gasteiger partial charge in [0.2, 0.25) is 5.91 Å². The molecule has 10 heavy (non-hydrogen) atoms. The molecule has 0 radical (unpaired) electrons. The van der Waals surface area contributed by atoms with Crippen molar-refractivity contribution in [3.8, 4) is 0 Å². The second kappa shape index (κ2) is 4.61. The minimum Gasteiger partial charge on any atom is -0.405 e. The summed E-state index contributed by atoms with van der Waals surface area (Å²) in [4.78, 5) is 12.3. The standard InChI is InChI=1S/C7H12N2O/c1-3-7(10)9(2)6-4-5-8/h3-5H,1,6,8H2,2H3. The molecule has 0 aliphatic rings. The quantitative estimate of drug-likeness (QED) is 0.565. The molecule has 56 valence electrons. The molecule has 3 heteroatoms. The van der Waals surface area contributed by atoms with Crippen LogP contribution in [0, 0.1) is 0 Å². The van der Waals surface area contributed by atoms with Crippen LogP contribution in [0.15, 0.2) is 24.9 Å². The van der Waals surface area contributed by atoms with Gasteiger partial charge in [0, 0.05) is 13.6 Å². The largest absolute Gasteiger partial charge is 0.405 e. The van der Waals surface area contributed by atoms with Gasteiger partial charge in [-0.25, -0.2) is 0 Å². The lowest BCUT2D eigenvalue weighted by Crippen LogP contribution is -2.24. The van der Waals surface area contributed by atoms with E-state index in [2.05, 4.69) is 6.58 Å². The maximum absolute atomic E-state index is 10.8. The van der Waals surface area contributed by atoms with E-state index in [4.69, 9.17) is 5.73 Å². The second-order valence-electron chi connectivity index (χ2n) is 1.85. The topological polar surface area (TPSA) is 46.3 Å². The Balaban J connectivity index is 3.72. The van der Waals surface area contributed by atoms with E-state index in [-0.39, 0.29) is 5.91 Å². The molecule has 0 fully saturated rings. The van der Waals surface area contributed by atoms with E-state index in [0.717, 1.165) is 0 Å². The highest BCUT2D eigenvalue weighted by Crippen LogP contribution is 1.84. The van der Waals surface area contributed by atoms with Gasteiger partial charge in [0.1, 0.15) is 0 Å². The van der Waals surface area contributed by atoms with Crippen molar-refractivity contribution in [2.24, 2.45) is 5.73 Å². The Bertz CT molecular complexity index is 152. The van der Waals surface area contributed by atoms with Crippen molar-refractivity contribution < 1.29 is 4.79 Å². The van der Waals surface area contributed by atoms with Gasteiger partial charge < -0.3 is 10.6 Å². The Hall–Kier alpha value is -1.25. The summed E-state index contributed by atoms with van der Waals surface area (Å²) in [5.74, 6) is -0.0990. The van der Waals surface area contributed by atoms with Crippen LogP contribution in [-0.2, 0) is 4.79 Å². The van der Waals surface area contributed by atoms with Crippen LogP contribution in [0.1, 0.15) is 0 Å². The smallest absolute Gasteiger partial charge is 0.245 e. The first-order valence-electron chi connectivity index (χ1n) is 2.96. The van der Waals surface area contributed by atoms with Gasteiger partial charge in [-0.15, -0.1) is 0 Å². The molecule has 0 aliphatic heterocycles. The van der Waals surface area contributed by atoms with Gasteiger partial charge in [-0.05, 0) is 18.4 Å². The van der Waals surface area contributed by atoms with Crippen LogP contribution in [0.4, 0.5) is 0 Å². The highest BCUT2D eigenvalue weighted by Gasteiger charge is 1.98. The van der Waals surface area contributed by atoms with Crippen molar-refractivity contribution in [1.82, 2.24) is 4.90 Å². The average molecular weight is 140 g/mol. The molecule has 0 unspecified atom stereocenters. The van der Waals surface area contributed by atoms with Gasteiger partial charge >= 0.3 is 0 Å². The molecule has 0 aromatic rings. The zero-order valence-electron chi connectivity index (χ0n) is 6.08. The predicted octanol–water partition coefficient (Wildman–Crippen LogP) is 0.103. The predicted molar refractivity (Wildman–Crippen MR) is 41.2 cm³/mol. The molecule has 0 heterocycles. The molecule has 0 saturated heterocycles. The van der Waals surface area contributed by atoms with E-state index in [1.54, 1.807) is 13.1 Å². The number of likely N-dealkylation sites (N-methyl/N-ethyl adjacent to an activating group) is 1. The molecule has 0 saturated carbocycles. The van der Waals surface area contributed by atoms with Gasteiger partial charge in [0.15, 0.2) is 0 Å². The van der Waals surface area contributed by atoms with E-state index in [0.29, 0.717) is 6.54 Å². The number of rotatable bonds is 3. The van der Waals surface area contributed by atoms with Crippen LogP contribution in [0.2, 0.25) is 0 Å². The first-order chi connectivity index (χ1) is 4.72. The van der Waals surface area contributed by atoms with E-state index in [1.165, 1.54) is 17.2 Å². The summed E-state index contributed by atoms with van der Waals surface area (Å²) in [5, 5.41) is 0. The third-order valence-electron chi connectivity index (χ3n) is 1.07. The molecule has 0 spiro atoms. The summed E-state index contributed by atoms with van der Waals surface area (Å²) in [6.45, 7) is 3.87. The highest BCUT2D eigenvalue weighted by molar-refractivity contribution is 5.86. The Morgan fingerprint density at radius 1 is 1.80 bits per heavy atom. The molecule has 0 aromatic carbocycles. The Labute approximate surface area is 60.8 Å². The van der Waals surface area contributed by atoms with Crippen molar-refractivity contribution in [2.45, 2.75) is 0 Å². The summed E-state index contributed by atoms with van der Waals surface area (Å²) < 4.78 is 0. The second-order valence-corrected chi connectivity index (χ2v) is 1.85. The van der Waals surface area contributed by atoms with Gasteiger partial charge in [-0.1, -0.05) is 6.58 Å². The average Bonchev–Trinajstić information content (AvgIpc) is 1.98. The number of nitrogens with two attached hydrogens (primary N) is 1. The normalized spacial score (nSPS) is 9.70. The number of carbonyl (C=O) groups excluding carboxylic acids is 1. The number of carbonyl (C=O) groups is 1. The summed E-state index contributed by atoms with van der Waals surface area (Å²) >= 11 is 0. The monoisotopic (exact) mass is 140 g/mol. The minimum atomic E-state index is -0.0990. The van der Waals surface area contributed by atoms with Crippen molar-refractivity contribution >= 4 is 5.91 Å². The fourth-order valence-corrected chi connectivity index (χ4v) is 0.465. The summed E-state index contributed by atoms with van der Waals surface area (Å²) in [6, 6.07) is 0. The molecule has 0 bridgehead atoms. The lowest BCUT2D eigenvalue weighted by Gasteiger charge is -2.10. The Morgan fingerprint density at radius 2 is 2.40 bits per heavy atom. The molecule has 1 amide bonds. The lowest BCUT2D eigenvalue weighted by molar-refractivity contribution is -0.124. The van der Waals surface area contributed by atoms with Crippen LogP contribution in [0.5, 0.6) is 0 Å². The van der Waals surface area contributed by atoms with Crippen LogP contribution in [-0.4, -0.2) is 24.4 Å². The number of amides is 1. The highest BCUT2D eigenvalue weighted by atomic mass is 16.2. The van der Waals surface area contributed by atoms with E-state index in [9.17, 15) is 4.79 Å². The molecule has 0 rings (SSSR count). The first-order valence-corrected chi connectivity index (χ1v) is 2.96. The molecule has 0 aromatic heterocycles. The molecular weight excluding hydrogens is 128 g/mol. The summed E-state index contributed by atoms with van der Waals surface area (Å²) in [7, 11) is 1.68. The van der Waals surface area contributed by atoms with Crippen LogP contribution in [0.3, 0.4) is 0 Å². The summed E-state index contributed by atoms with van der Waals surface area (Å²) in [5.41, 5.74) is 5.07. The zero-order chi connectivity index (χ0) is 7.98. The third-order valence-corrected chi connectivity index (χ3v) is 1.07. The fourth-order valence-electron chi connectivity index (χ4n) is 0.465.